The number of pyridine rings is 1. The zero-order chi connectivity index (χ0) is 14.5. The van der Waals surface area contributed by atoms with Gasteiger partial charge in [-0.15, -0.1) is 0 Å². The Balaban J connectivity index is 2.00. The Bertz CT molecular complexity index is 502. The molecule has 2 atom stereocenters. The van der Waals surface area contributed by atoms with Gasteiger partial charge in [-0.1, -0.05) is 19.8 Å². The first-order valence-electron chi connectivity index (χ1n) is 7.06. The van der Waals surface area contributed by atoms with Crippen molar-refractivity contribution in [2.75, 3.05) is 0 Å². The molecule has 1 saturated carbocycles. The highest BCUT2D eigenvalue weighted by Gasteiger charge is 2.19. The van der Waals surface area contributed by atoms with Gasteiger partial charge in [0.05, 0.1) is 0 Å². The fourth-order valence-electron chi connectivity index (χ4n) is 2.59. The van der Waals surface area contributed by atoms with Crippen molar-refractivity contribution >= 4 is 11.9 Å². The molecule has 5 heteroatoms. The molecule has 1 aromatic rings. The summed E-state index contributed by atoms with van der Waals surface area (Å²) in [5.74, 6) is -0.617. The van der Waals surface area contributed by atoms with E-state index in [9.17, 15) is 9.59 Å². The average molecular weight is 276 g/mol. The highest BCUT2D eigenvalue weighted by molar-refractivity contribution is 5.96. The van der Waals surface area contributed by atoms with Gasteiger partial charge in [-0.3, -0.25) is 4.79 Å². The molecule has 0 aliphatic heterocycles. The monoisotopic (exact) mass is 276 g/mol. The van der Waals surface area contributed by atoms with Crippen LogP contribution in [0.1, 0.15) is 59.9 Å². The lowest BCUT2D eigenvalue weighted by molar-refractivity contribution is 0.0690. The van der Waals surface area contributed by atoms with Crippen molar-refractivity contribution in [2.45, 2.75) is 45.1 Å². The molecule has 2 unspecified atom stereocenters. The molecule has 1 aromatic heterocycles. The molecule has 1 aliphatic carbocycles. The number of aromatic carboxylic acids is 1. The van der Waals surface area contributed by atoms with Crippen LogP contribution >= 0.6 is 0 Å². The summed E-state index contributed by atoms with van der Waals surface area (Å²) in [7, 11) is 0. The van der Waals surface area contributed by atoms with E-state index in [0.29, 0.717) is 5.56 Å². The van der Waals surface area contributed by atoms with E-state index in [1.807, 2.05) is 0 Å². The average Bonchev–Trinajstić information content (AvgIpc) is 2.64. The minimum atomic E-state index is -1.12. The van der Waals surface area contributed by atoms with E-state index in [-0.39, 0.29) is 17.6 Å². The van der Waals surface area contributed by atoms with E-state index >= 15 is 0 Å². The third-order valence-corrected chi connectivity index (χ3v) is 3.83. The van der Waals surface area contributed by atoms with E-state index in [2.05, 4.69) is 17.2 Å². The molecule has 0 radical (unpaired) electrons. The third-order valence-electron chi connectivity index (χ3n) is 3.83. The molecule has 0 aromatic carbocycles. The largest absolute Gasteiger partial charge is 0.477 e. The number of carboxylic acids is 1. The van der Waals surface area contributed by atoms with Crippen molar-refractivity contribution < 1.29 is 14.7 Å². The van der Waals surface area contributed by atoms with Crippen molar-refractivity contribution in [1.29, 1.82) is 0 Å². The molecule has 1 amide bonds. The van der Waals surface area contributed by atoms with Gasteiger partial charge in [-0.05, 0) is 37.3 Å². The molecular formula is C15H20N2O3. The molecule has 20 heavy (non-hydrogen) atoms. The number of hydrogen-bond acceptors (Lipinski definition) is 3. The summed E-state index contributed by atoms with van der Waals surface area (Å²) in [5.41, 5.74) is 0.252. The van der Waals surface area contributed by atoms with Crippen LogP contribution in [0.4, 0.5) is 0 Å². The number of nitrogens with zero attached hydrogens (tertiary/aromatic N) is 1. The van der Waals surface area contributed by atoms with Gasteiger partial charge >= 0.3 is 5.97 Å². The lowest BCUT2D eigenvalue weighted by atomic mass is 10.0. The van der Waals surface area contributed by atoms with Gasteiger partial charge < -0.3 is 10.4 Å². The van der Waals surface area contributed by atoms with Gasteiger partial charge in [0.25, 0.3) is 5.91 Å². The van der Waals surface area contributed by atoms with Crippen LogP contribution in [0.5, 0.6) is 0 Å². The maximum atomic E-state index is 12.1. The van der Waals surface area contributed by atoms with Gasteiger partial charge in [0.1, 0.15) is 5.69 Å². The topological polar surface area (TPSA) is 79.3 Å². The Morgan fingerprint density at radius 1 is 1.30 bits per heavy atom. The van der Waals surface area contributed by atoms with Crippen molar-refractivity contribution in [2.24, 2.45) is 5.92 Å². The van der Waals surface area contributed by atoms with Crippen molar-refractivity contribution in [1.82, 2.24) is 10.3 Å². The fourth-order valence-corrected chi connectivity index (χ4v) is 2.59. The lowest BCUT2D eigenvalue weighted by Gasteiger charge is -2.16. The molecule has 5 nitrogen and oxygen atoms in total. The Labute approximate surface area is 118 Å². The number of rotatable bonds is 3. The van der Waals surface area contributed by atoms with Crippen molar-refractivity contribution in [3.8, 4) is 0 Å². The Hall–Kier alpha value is -1.91. The van der Waals surface area contributed by atoms with E-state index in [4.69, 9.17) is 5.11 Å². The molecule has 2 rings (SSSR count). The van der Waals surface area contributed by atoms with Crippen molar-refractivity contribution in [3.63, 3.8) is 0 Å². The number of nitrogens with one attached hydrogen (secondary N) is 1. The van der Waals surface area contributed by atoms with Gasteiger partial charge in [0.15, 0.2) is 0 Å². The standard InChI is InChI=1S/C15H20N2O3/c1-10-3-2-4-12(6-5-10)17-14(18)11-7-8-16-13(9-11)15(19)20/h7-10,12H,2-6H2,1H3,(H,17,18)(H,19,20). The van der Waals surface area contributed by atoms with E-state index in [1.54, 1.807) is 6.07 Å². The first kappa shape index (κ1) is 14.5. The normalized spacial score (nSPS) is 22.9. The van der Waals surface area contributed by atoms with Crippen LogP contribution in [0.15, 0.2) is 18.3 Å². The van der Waals surface area contributed by atoms with Crippen LogP contribution in [-0.2, 0) is 0 Å². The molecular weight excluding hydrogens is 256 g/mol. The molecule has 1 heterocycles. The summed E-state index contributed by atoms with van der Waals surface area (Å²) in [6, 6.07) is 3.05. The van der Waals surface area contributed by atoms with Crippen molar-refractivity contribution in [3.05, 3.63) is 29.6 Å². The second kappa shape index (κ2) is 6.50. The number of carbonyl (C=O) groups is 2. The van der Waals surface area contributed by atoms with Crippen LogP contribution in [0.2, 0.25) is 0 Å². The van der Waals surface area contributed by atoms with E-state index in [1.165, 1.54) is 18.7 Å². The molecule has 108 valence electrons. The van der Waals surface area contributed by atoms with Crippen LogP contribution < -0.4 is 5.32 Å². The van der Waals surface area contributed by atoms with Crippen LogP contribution in [0.3, 0.4) is 0 Å². The fraction of sp³-hybridized carbons (Fsp3) is 0.533. The third kappa shape index (κ3) is 3.79. The molecule has 0 bridgehead atoms. The number of aromatic nitrogens is 1. The maximum Gasteiger partial charge on any atom is 0.354 e. The predicted molar refractivity (Wildman–Crippen MR) is 74.7 cm³/mol. The Morgan fingerprint density at radius 3 is 2.85 bits per heavy atom. The summed E-state index contributed by atoms with van der Waals surface area (Å²) < 4.78 is 0. The number of hydrogen-bond donors (Lipinski definition) is 2. The summed E-state index contributed by atoms with van der Waals surface area (Å²) in [6.45, 7) is 2.24. The first-order valence-corrected chi connectivity index (χ1v) is 7.06. The second-order valence-electron chi connectivity index (χ2n) is 5.52. The van der Waals surface area contributed by atoms with E-state index in [0.717, 1.165) is 31.6 Å². The smallest absolute Gasteiger partial charge is 0.354 e. The second-order valence-corrected chi connectivity index (χ2v) is 5.52. The quantitative estimate of drug-likeness (QED) is 0.831. The number of amides is 1. The Kier molecular flexibility index (Phi) is 4.71. The zero-order valence-electron chi connectivity index (χ0n) is 11.6. The highest BCUT2D eigenvalue weighted by Crippen LogP contribution is 2.22. The summed E-state index contributed by atoms with van der Waals surface area (Å²) in [6.07, 6.45) is 6.81. The molecule has 1 aliphatic rings. The maximum absolute atomic E-state index is 12.1. The minimum absolute atomic E-state index is 0.105. The Morgan fingerprint density at radius 2 is 2.10 bits per heavy atom. The van der Waals surface area contributed by atoms with Gasteiger partial charge in [0.2, 0.25) is 0 Å². The highest BCUT2D eigenvalue weighted by atomic mass is 16.4. The number of carbonyl (C=O) groups excluding carboxylic acids is 1. The van der Waals surface area contributed by atoms with Gasteiger partial charge in [-0.2, -0.15) is 0 Å². The number of carboxylic acid groups (broad SMARTS) is 1. The first-order chi connectivity index (χ1) is 9.56. The molecule has 0 spiro atoms. The summed E-state index contributed by atoms with van der Waals surface area (Å²) in [5, 5.41) is 11.9. The van der Waals surface area contributed by atoms with Crippen LogP contribution in [0, 0.1) is 5.92 Å². The predicted octanol–water partition coefficient (Wildman–Crippen LogP) is 2.48. The van der Waals surface area contributed by atoms with Crippen LogP contribution in [-0.4, -0.2) is 28.0 Å². The van der Waals surface area contributed by atoms with E-state index < -0.39 is 5.97 Å². The van der Waals surface area contributed by atoms with Gasteiger partial charge in [0, 0.05) is 17.8 Å². The zero-order valence-corrected chi connectivity index (χ0v) is 11.6. The van der Waals surface area contributed by atoms with Gasteiger partial charge in [-0.25, -0.2) is 9.78 Å². The SMILES string of the molecule is CC1CCCC(NC(=O)c2ccnc(C(=O)O)c2)CC1. The lowest BCUT2D eigenvalue weighted by Crippen LogP contribution is -2.34. The van der Waals surface area contributed by atoms with Crippen LogP contribution in [0.25, 0.3) is 0 Å². The molecule has 1 fully saturated rings. The molecule has 2 N–H and O–H groups in total. The summed E-state index contributed by atoms with van der Waals surface area (Å²) in [4.78, 5) is 26.7. The molecule has 0 saturated heterocycles. The minimum Gasteiger partial charge on any atom is -0.477 e. The summed E-state index contributed by atoms with van der Waals surface area (Å²) >= 11 is 0.